The molecule has 0 spiro atoms. The summed E-state index contributed by atoms with van der Waals surface area (Å²) in [7, 11) is 1.48. The van der Waals surface area contributed by atoms with Gasteiger partial charge in [-0.1, -0.05) is 6.07 Å². The van der Waals surface area contributed by atoms with E-state index in [1.54, 1.807) is 4.90 Å². The minimum Gasteiger partial charge on any atom is -0.480 e. The van der Waals surface area contributed by atoms with Crippen molar-refractivity contribution in [2.24, 2.45) is 0 Å². The van der Waals surface area contributed by atoms with Gasteiger partial charge in [-0.05, 0) is 83.4 Å². The van der Waals surface area contributed by atoms with E-state index in [1.165, 1.54) is 12.7 Å². The highest BCUT2D eigenvalue weighted by molar-refractivity contribution is 5.83. The van der Waals surface area contributed by atoms with E-state index in [0.717, 1.165) is 63.0 Å². The third-order valence-electron chi connectivity index (χ3n) is 7.55. The van der Waals surface area contributed by atoms with Gasteiger partial charge in [0.15, 0.2) is 0 Å². The van der Waals surface area contributed by atoms with Crippen molar-refractivity contribution in [3.63, 3.8) is 0 Å². The number of carboxylic acid groups (broad SMARTS) is 1. The maximum atomic E-state index is 13.4. The monoisotopic (exact) mass is 521 g/mol. The number of aromatic nitrogens is 1. The molecule has 0 radical (unpaired) electrons. The number of likely N-dealkylation sites (tertiary alicyclic amines) is 1. The molecule has 0 unspecified atom stereocenters. The second kappa shape index (κ2) is 13.9. The molecule has 2 aliphatic rings. The number of nitrogens with zero attached hydrogens (tertiary/aromatic N) is 3. The second-order valence-corrected chi connectivity index (χ2v) is 10.8. The Hall–Kier alpha value is -2.46. The lowest BCUT2D eigenvalue weighted by atomic mass is 10.0. The molecule has 1 saturated heterocycles. The maximum absolute atomic E-state index is 13.4. The predicted molar refractivity (Wildman–Crippen MR) is 142 cm³/mol. The molecular formula is C27H44FN5O4. The summed E-state index contributed by atoms with van der Waals surface area (Å²) >= 11 is 0. The Balaban J connectivity index is 1.52. The van der Waals surface area contributed by atoms with Gasteiger partial charge < -0.3 is 30.3 Å². The van der Waals surface area contributed by atoms with Gasteiger partial charge in [0.1, 0.15) is 18.5 Å². The van der Waals surface area contributed by atoms with Gasteiger partial charge in [0.2, 0.25) is 0 Å². The summed E-state index contributed by atoms with van der Waals surface area (Å²) in [5.41, 5.74) is 2.04. The van der Waals surface area contributed by atoms with Crippen LogP contribution in [0.15, 0.2) is 12.1 Å². The van der Waals surface area contributed by atoms with E-state index in [-0.39, 0.29) is 18.0 Å². The smallest absolute Gasteiger partial charge is 0.326 e. The van der Waals surface area contributed by atoms with Gasteiger partial charge in [0.05, 0.1) is 6.10 Å². The van der Waals surface area contributed by atoms with Crippen molar-refractivity contribution in [2.45, 2.75) is 82.9 Å². The molecule has 9 nitrogen and oxygen atoms in total. The Morgan fingerprint density at radius 3 is 2.78 bits per heavy atom. The van der Waals surface area contributed by atoms with Crippen molar-refractivity contribution in [1.82, 2.24) is 20.1 Å². The van der Waals surface area contributed by atoms with Crippen LogP contribution in [-0.4, -0.2) is 96.1 Å². The van der Waals surface area contributed by atoms with Crippen LogP contribution in [0.4, 0.5) is 15.0 Å². The molecule has 2 atom stereocenters. The molecule has 0 bridgehead atoms. The number of ether oxygens (including phenoxy) is 1. The second-order valence-electron chi connectivity index (χ2n) is 10.8. The number of unbranched alkanes of at least 4 members (excludes halogenated alkanes) is 1. The average molecular weight is 522 g/mol. The van der Waals surface area contributed by atoms with Crippen LogP contribution in [0.2, 0.25) is 0 Å². The van der Waals surface area contributed by atoms with Crippen LogP contribution in [0, 0.1) is 0 Å². The van der Waals surface area contributed by atoms with Gasteiger partial charge in [0, 0.05) is 44.5 Å². The van der Waals surface area contributed by atoms with Crippen molar-refractivity contribution in [1.29, 1.82) is 0 Å². The Morgan fingerprint density at radius 1 is 1.30 bits per heavy atom. The van der Waals surface area contributed by atoms with Crippen LogP contribution in [-0.2, 0) is 22.4 Å². The highest BCUT2D eigenvalue weighted by Crippen LogP contribution is 2.28. The van der Waals surface area contributed by atoms with Gasteiger partial charge in [-0.25, -0.2) is 19.0 Å². The van der Waals surface area contributed by atoms with E-state index in [0.29, 0.717) is 26.2 Å². The van der Waals surface area contributed by atoms with Gasteiger partial charge in [-0.3, -0.25) is 0 Å². The largest absolute Gasteiger partial charge is 0.480 e. The molecule has 0 saturated carbocycles. The number of pyridine rings is 1. The first-order valence-corrected chi connectivity index (χ1v) is 13.6. The summed E-state index contributed by atoms with van der Waals surface area (Å²) in [6.45, 7) is 6.43. The maximum Gasteiger partial charge on any atom is 0.326 e. The highest BCUT2D eigenvalue weighted by Gasteiger charge is 2.36. The molecule has 3 N–H and O–H groups in total. The third-order valence-corrected chi connectivity index (χ3v) is 7.55. The first-order valence-electron chi connectivity index (χ1n) is 13.6. The summed E-state index contributed by atoms with van der Waals surface area (Å²) in [6, 6.07) is 2.90. The van der Waals surface area contributed by atoms with E-state index in [4.69, 9.17) is 9.72 Å². The fourth-order valence-electron chi connectivity index (χ4n) is 5.20. The number of carbonyl (C=O) groups excluding carboxylic acids is 1. The number of carboxylic acids is 1. The SMILES string of the molecule is CO[C@H](CF)CN(CCCCc1ccc2c(n1)NCCC2)CC[C@H](NC(=O)N1CCCC1(C)C)C(=O)O. The number of methoxy groups -OCH3 is 1. The Bertz CT molecular complexity index is 896. The fourth-order valence-corrected chi connectivity index (χ4v) is 5.20. The first kappa shape index (κ1) is 29.1. The number of anilines is 1. The number of hydrogen-bond donors (Lipinski definition) is 3. The first-order chi connectivity index (χ1) is 17.7. The topological polar surface area (TPSA) is 107 Å². The van der Waals surface area contributed by atoms with Crippen molar-refractivity contribution in [2.75, 3.05) is 51.8 Å². The van der Waals surface area contributed by atoms with Gasteiger partial charge in [0.25, 0.3) is 0 Å². The van der Waals surface area contributed by atoms with Crippen LogP contribution in [0.3, 0.4) is 0 Å². The normalized spacial score (nSPS) is 18.2. The van der Waals surface area contributed by atoms with Crippen molar-refractivity contribution >= 4 is 17.8 Å². The summed E-state index contributed by atoms with van der Waals surface area (Å²) in [5.74, 6) is -0.0680. The van der Waals surface area contributed by atoms with Crippen molar-refractivity contribution in [3.8, 4) is 0 Å². The van der Waals surface area contributed by atoms with Crippen LogP contribution in [0.5, 0.6) is 0 Å². The van der Waals surface area contributed by atoms with Crippen molar-refractivity contribution < 1.29 is 23.8 Å². The lowest BCUT2D eigenvalue weighted by Crippen LogP contribution is -2.53. The standard InChI is InChI=1S/C27H44FN5O4/c1-27(2)13-7-16-33(27)26(36)31-23(25(34)35)12-17-32(19-22(18-28)37-3)15-5-4-9-21-11-10-20-8-6-14-29-24(20)30-21/h10-11,22-23H,4-9,12-19H2,1-3H3,(H,29,30)(H,31,36)(H,34,35)/t22-,23+/m1/s1. The van der Waals surface area contributed by atoms with Crippen LogP contribution in [0.1, 0.15) is 63.6 Å². The quantitative estimate of drug-likeness (QED) is 0.322. The van der Waals surface area contributed by atoms with E-state index in [2.05, 4.69) is 22.8 Å². The molecule has 208 valence electrons. The number of amides is 2. The van der Waals surface area contributed by atoms with E-state index >= 15 is 0 Å². The molecule has 10 heteroatoms. The zero-order chi connectivity index (χ0) is 26.8. The number of halogens is 1. The molecule has 1 fully saturated rings. The van der Waals surface area contributed by atoms with Crippen LogP contribution >= 0.6 is 0 Å². The predicted octanol–water partition coefficient (Wildman–Crippen LogP) is 3.48. The van der Waals surface area contributed by atoms with E-state index in [9.17, 15) is 19.1 Å². The Kier molecular flexibility index (Phi) is 10.9. The number of aliphatic carboxylic acids is 1. The zero-order valence-electron chi connectivity index (χ0n) is 22.6. The summed E-state index contributed by atoms with van der Waals surface area (Å²) in [4.78, 5) is 33.2. The summed E-state index contributed by atoms with van der Waals surface area (Å²) < 4.78 is 18.6. The lowest BCUT2D eigenvalue weighted by molar-refractivity contribution is -0.139. The number of fused-ring (bicyclic) bond motifs is 1. The molecule has 0 aliphatic carbocycles. The third kappa shape index (κ3) is 8.53. The van der Waals surface area contributed by atoms with Crippen LogP contribution in [0.25, 0.3) is 0 Å². The van der Waals surface area contributed by atoms with E-state index in [1.807, 2.05) is 18.7 Å². The number of nitrogens with one attached hydrogen (secondary N) is 2. The number of alkyl halides is 1. The molecule has 37 heavy (non-hydrogen) atoms. The van der Waals surface area contributed by atoms with Gasteiger partial charge in [-0.2, -0.15) is 0 Å². The minimum atomic E-state index is -1.06. The molecule has 3 heterocycles. The zero-order valence-corrected chi connectivity index (χ0v) is 22.6. The molecular weight excluding hydrogens is 477 g/mol. The lowest BCUT2D eigenvalue weighted by Gasteiger charge is -2.33. The van der Waals surface area contributed by atoms with Gasteiger partial charge in [-0.15, -0.1) is 0 Å². The Morgan fingerprint density at radius 2 is 2.11 bits per heavy atom. The summed E-state index contributed by atoms with van der Waals surface area (Å²) in [6.07, 6.45) is 6.28. The molecule has 1 aromatic rings. The molecule has 3 rings (SSSR count). The highest BCUT2D eigenvalue weighted by atomic mass is 19.1. The average Bonchev–Trinajstić information content (AvgIpc) is 3.25. The van der Waals surface area contributed by atoms with Gasteiger partial charge >= 0.3 is 12.0 Å². The number of urea groups is 1. The van der Waals surface area contributed by atoms with Crippen LogP contribution < -0.4 is 10.6 Å². The molecule has 2 aliphatic heterocycles. The number of hydrogen-bond acceptors (Lipinski definition) is 6. The Labute approximate surface area is 220 Å². The molecule has 0 aromatic carbocycles. The number of aryl methyl sites for hydroxylation is 2. The number of carbonyl (C=O) groups is 2. The number of rotatable bonds is 14. The van der Waals surface area contributed by atoms with E-state index < -0.39 is 24.8 Å². The minimum absolute atomic E-state index is 0.232. The summed E-state index contributed by atoms with van der Waals surface area (Å²) in [5, 5.41) is 15.8. The molecule has 2 amide bonds. The van der Waals surface area contributed by atoms with Crippen molar-refractivity contribution in [3.05, 3.63) is 23.4 Å². The molecule has 1 aromatic heterocycles. The fraction of sp³-hybridized carbons (Fsp3) is 0.741.